The first-order valence-electron chi connectivity index (χ1n) is 4.71. The predicted molar refractivity (Wildman–Crippen MR) is 72.1 cm³/mol. The zero-order valence-electron chi connectivity index (χ0n) is 9.01. The SMILES string of the molecule is O=S(=O)(Nc1ncnc(Cl)c1Cl)c1cccnc1Cl. The summed E-state index contributed by atoms with van der Waals surface area (Å²) in [7, 11) is -3.96. The lowest BCUT2D eigenvalue weighted by Gasteiger charge is -2.09. The fourth-order valence-electron chi connectivity index (χ4n) is 1.17. The van der Waals surface area contributed by atoms with Crippen LogP contribution in [-0.4, -0.2) is 23.4 Å². The lowest BCUT2D eigenvalue weighted by atomic mass is 10.5. The Hall–Kier alpha value is -1.15. The molecule has 2 rings (SSSR count). The number of aromatic nitrogens is 3. The largest absolute Gasteiger partial charge is 0.266 e. The van der Waals surface area contributed by atoms with E-state index >= 15 is 0 Å². The number of hydrogen-bond donors (Lipinski definition) is 1. The molecule has 2 aromatic heterocycles. The van der Waals surface area contributed by atoms with Crippen molar-refractivity contribution in [2.24, 2.45) is 0 Å². The number of halogens is 3. The topological polar surface area (TPSA) is 84.8 Å². The molecule has 0 amide bonds. The van der Waals surface area contributed by atoms with Gasteiger partial charge in [0.15, 0.2) is 11.0 Å². The molecule has 100 valence electrons. The minimum Gasteiger partial charge on any atom is -0.262 e. The predicted octanol–water partition coefficient (Wildman–Crippen LogP) is 2.63. The molecule has 0 unspecified atom stereocenters. The second kappa shape index (κ2) is 5.46. The van der Waals surface area contributed by atoms with Crippen molar-refractivity contribution < 1.29 is 8.42 Å². The normalized spacial score (nSPS) is 11.3. The molecule has 0 aliphatic carbocycles. The van der Waals surface area contributed by atoms with Gasteiger partial charge in [0.1, 0.15) is 21.4 Å². The van der Waals surface area contributed by atoms with Crippen LogP contribution >= 0.6 is 34.8 Å². The van der Waals surface area contributed by atoms with E-state index in [9.17, 15) is 8.42 Å². The van der Waals surface area contributed by atoms with E-state index in [4.69, 9.17) is 34.8 Å². The standard InChI is InChI=1S/C9H5Cl3N4O2S/c10-6-8(12)14-4-15-9(6)16-19(17,18)5-2-1-3-13-7(5)11/h1-4H,(H,14,15,16). The van der Waals surface area contributed by atoms with Crippen molar-refractivity contribution >= 4 is 50.6 Å². The molecule has 0 spiro atoms. The number of nitrogens with zero attached hydrogens (tertiary/aromatic N) is 3. The summed E-state index contributed by atoms with van der Waals surface area (Å²) in [5, 5.41) is -0.328. The molecule has 0 bridgehead atoms. The number of nitrogens with one attached hydrogen (secondary N) is 1. The molecule has 19 heavy (non-hydrogen) atoms. The van der Waals surface area contributed by atoms with Crippen molar-refractivity contribution in [3.05, 3.63) is 40.0 Å². The van der Waals surface area contributed by atoms with E-state index in [1.807, 2.05) is 0 Å². The van der Waals surface area contributed by atoms with Gasteiger partial charge in [-0.25, -0.2) is 23.4 Å². The number of hydrogen-bond acceptors (Lipinski definition) is 5. The number of anilines is 1. The molecule has 0 saturated heterocycles. The zero-order chi connectivity index (χ0) is 14.0. The van der Waals surface area contributed by atoms with Gasteiger partial charge in [-0.15, -0.1) is 0 Å². The summed E-state index contributed by atoms with van der Waals surface area (Å²) in [6.07, 6.45) is 2.45. The van der Waals surface area contributed by atoms with Crippen LogP contribution in [0.3, 0.4) is 0 Å². The van der Waals surface area contributed by atoms with Crippen LogP contribution in [0.5, 0.6) is 0 Å². The summed E-state index contributed by atoms with van der Waals surface area (Å²) in [6, 6.07) is 2.74. The maximum atomic E-state index is 12.1. The first-order chi connectivity index (χ1) is 8.92. The van der Waals surface area contributed by atoms with E-state index in [-0.39, 0.29) is 26.0 Å². The quantitative estimate of drug-likeness (QED) is 0.686. The van der Waals surface area contributed by atoms with Gasteiger partial charge in [-0.05, 0) is 12.1 Å². The summed E-state index contributed by atoms with van der Waals surface area (Å²) >= 11 is 17.2. The molecule has 6 nitrogen and oxygen atoms in total. The summed E-state index contributed by atoms with van der Waals surface area (Å²) in [5.74, 6) is -0.137. The first-order valence-corrected chi connectivity index (χ1v) is 7.33. The maximum absolute atomic E-state index is 12.1. The van der Waals surface area contributed by atoms with Crippen molar-refractivity contribution in [1.29, 1.82) is 0 Å². The van der Waals surface area contributed by atoms with Gasteiger partial charge in [0.25, 0.3) is 10.0 Å². The van der Waals surface area contributed by atoms with Crippen LogP contribution in [0.25, 0.3) is 0 Å². The Kier molecular flexibility index (Phi) is 4.10. The average Bonchev–Trinajstić information content (AvgIpc) is 2.35. The maximum Gasteiger partial charge on any atom is 0.266 e. The molecule has 10 heteroatoms. The van der Waals surface area contributed by atoms with Gasteiger partial charge < -0.3 is 0 Å². The average molecular weight is 340 g/mol. The van der Waals surface area contributed by atoms with Crippen molar-refractivity contribution in [3.8, 4) is 0 Å². The lowest BCUT2D eigenvalue weighted by molar-refractivity contribution is 0.600. The Labute approximate surface area is 123 Å². The molecule has 0 saturated carbocycles. The van der Waals surface area contributed by atoms with Gasteiger partial charge in [0.2, 0.25) is 0 Å². The third-order valence-electron chi connectivity index (χ3n) is 1.99. The highest BCUT2D eigenvalue weighted by atomic mass is 35.5. The summed E-state index contributed by atoms with van der Waals surface area (Å²) in [6.45, 7) is 0. The number of pyridine rings is 1. The first kappa shape index (κ1) is 14.3. The Morgan fingerprint density at radius 2 is 1.79 bits per heavy atom. The van der Waals surface area contributed by atoms with Crippen LogP contribution in [0, 0.1) is 0 Å². The van der Waals surface area contributed by atoms with E-state index < -0.39 is 10.0 Å². The smallest absolute Gasteiger partial charge is 0.262 e. The fourth-order valence-corrected chi connectivity index (χ4v) is 2.98. The van der Waals surface area contributed by atoms with E-state index in [0.717, 1.165) is 6.33 Å². The van der Waals surface area contributed by atoms with Gasteiger partial charge in [-0.3, -0.25) is 4.72 Å². The molecule has 0 aliphatic rings. The third-order valence-corrected chi connectivity index (χ3v) is 4.52. The number of sulfonamides is 1. The second-order valence-electron chi connectivity index (χ2n) is 3.22. The van der Waals surface area contributed by atoms with Crippen LogP contribution in [0.15, 0.2) is 29.6 Å². The molecular weight excluding hydrogens is 335 g/mol. The molecule has 2 aromatic rings. The molecule has 2 heterocycles. The summed E-state index contributed by atoms with van der Waals surface area (Å²) in [4.78, 5) is 10.8. The van der Waals surface area contributed by atoms with Gasteiger partial charge in [0.05, 0.1) is 0 Å². The van der Waals surface area contributed by atoms with Gasteiger partial charge in [-0.1, -0.05) is 34.8 Å². The monoisotopic (exact) mass is 338 g/mol. The molecule has 0 fully saturated rings. The Bertz CT molecular complexity index is 723. The van der Waals surface area contributed by atoms with Crippen LogP contribution in [0.4, 0.5) is 5.82 Å². The molecule has 1 N–H and O–H groups in total. The Morgan fingerprint density at radius 1 is 1.05 bits per heavy atom. The molecule has 0 aliphatic heterocycles. The fraction of sp³-hybridized carbons (Fsp3) is 0. The van der Waals surface area contributed by atoms with E-state index in [1.165, 1.54) is 18.3 Å². The highest BCUT2D eigenvalue weighted by molar-refractivity contribution is 7.92. The molecule has 0 atom stereocenters. The Morgan fingerprint density at radius 3 is 2.47 bits per heavy atom. The van der Waals surface area contributed by atoms with Crippen molar-refractivity contribution in [2.75, 3.05) is 4.72 Å². The summed E-state index contributed by atoms with van der Waals surface area (Å²) in [5.41, 5.74) is 0. The third kappa shape index (κ3) is 3.06. The molecular formula is C9H5Cl3N4O2S. The minimum absolute atomic E-state index is 0.0633. The van der Waals surface area contributed by atoms with E-state index in [2.05, 4.69) is 19.7 Å². The summed E-state index contributed by atoms with van der Waals surface area (Å²) < 4.78 is 26.3. The lowest BCUT2D eigenvalue weighted by Crippen LogP contribution is -2.15. The second-order valence-corrected chi connectivity index (χ2v) is 5.97. The van der Waals surface area contributed by atoms with E-state index in [1.54, 1.807) is 0 Å². The Balaban J connectivity index is 2.43. The van der Waals surface area contributed by atoms with Gasteiger partial charge in [-0.2, -0.15) is 0 Å². The highest BCUT2D eigenvalue weighted by Gasteiger charge is 2.21. The van der Waals surface area contributed by atoms with Crippen molar-refractivity contribution in [1.82, 2.24) is 15.0 Å². The molecule has 0 aromatic carbocycles. The van der Waals surface area contributed by atoms with Crippen LogP contribution < -0.4 is 4.72 Å². The van der Waals surface area contributed by atoms with Crippen LogP contribution in [0.1, 0.15) is 0 Å². The van der Waals surface area contributed by atoms with E-state index in [0.29, 0.717) is 0 Å². The zero-order valence-corrected chi connectivity index (χ0v) is 12.1. The van der Waals surface area contributed by atoms with Crippen LogP contribution in [0.2, 0.25) is 15.3 Å². The number of rotatable bonds is 3. The molecule has 0 radical (unpaired) electrons. The van der Waals surface area contributed by atoms with Gasteiger partial charge >= 0.3 is 0 Å². The van der Waals surface area contributed by atoms with Gasteiger partial charge in [0, 0.05) is 6.20 Å². The minimum atomic E-state index is -3.96. The highest BCUT2D eigenvalue weighted by Crippen LogP contribution is 2.28. The van der Waals surface area contributed by atoms with Crippen molar-refractivity contribution in [3.63, 3.8) is 0 Å². The van der Waals surface area contributed by atoms with Crippen LogP contribution in [-0.2, 0) is 10.0 Å². The van der Waals surface area contributed by atoms with Crippen molar-refractivity contribution in [2.45, 2.75) is 4.90 Å².